The van der Waals surface area contributed by atoms with Gasteiger partial charge in [0.25, 0.3) is 11.7 Å². The van der Waals surface area contributed by atoms with Crippen LogP contribution in [-0.4, -0.2) is 52.8 Å². The van der Waals surface area contributed by atoms with Crippen LogP contribution in [0, 0.1) is 5.82 Å². The Bertz CT molecular complexity index is 971. The molecular formula is C23H24ClFN2O3. The lowest BCUT2D eigenvalue weighted by Crippen LogP contribution is -2.38. The quantitative estimate of drug-likeness (QED) is 0.405. The van der Waals surface area contributed by atoms with Crippen molar-refractivity contribution in [3.05, 3.63) is 76.1 Å². The van der Waals surface area contributed by atoms with Gasteiger partial charge < -0.3 is 14.9 Å². The molecule has 1 unspecified atom stereocenters. The van der Waals surface area contributed by atoms with Crippen LogP contribution in [0.2, 0.25) is 5.02 Å². The molecular weight excluding hydrogens is 407 g/mol. The van der Waals surface area contributed by atoms with Gasteiger partial charge in [-0.3, -0.25) is 9.59 Å². The molecule has 0 radical (unpaired) electrons. The third kappa shape index (κ3) is 4.25. The van der Waals surface area contributed by atoms with Gasteiger partial charge in [0, 0.05) is 29.2 Å². The lowest BCUT2D eigenvalue weighted by atomic mass is 9.95. The molecule has 5 nitrogen and oxygen atoms in total. The summed E-state index contributed by atoms with van der Waals surface area (Å²) in [5.41, 5.74) is 0.390. The number of hydrogen-bond acceptors (Lipinski definition) is 4. The van der Waals surface area contributed by atoms with Gasteiger partial charge in [-0.05, 0) is 43.4 Å². The van der Waals surface area contributed by atoms with E-state index in [1.807, 2.05) is 13.8 Å². The maximum absolute atomic E-state index is 14.7. The number of likely N-dealkylation sites (tertiary alicyclic amines) is 1. The van der Waals surface area contributed by atoms with Gasteiger partial charge in [0.05, 0.1) is 11.6 Å². The number of amides is 1. The number of aliphatic hydroxyl groups is 1. The van der Waals surface area contributed by atoms with Gasteiger partial charge in [-0.1, -0.05) is 43.6 Å². The summed E-state index contributed by atoms with van der Waals surface area (Å²) in [5, 5.41) is 11.4. The number of ketones is 1. The second-order valence-corrected chi connectivity index (χ2v) is 7.48. The first-order valence-corrected chi connectivity index (χ1v) is 10.3. The number of likely N-dealkylation sites (N-methyl/N-ethyl adjacent to an activating group) is 1. The Morgan fingerprint density at radius 3 is 2.33 bits per heavy atom. The minimum absolute atomic E-state index is 0.119. The topological polar surface area (TPSA) is 60.9 Å². The van der Waals surface area contributed by atoms with Crippen LogP contribution < -0.4 is 0 Å². The van der Waals surface area contributed by atoms with E-state index in [2.05, 4.69) is 4.90 Å². The summed E-state index contributed by atoms with van der Waals surface area (Å²) in [5.74, 6) is -2.45. The Morgan fingerprint density at radius 2 is 1.73 bits per heavy atom. The van der Waals surface area contributed by atoms with Crippen LogP contribution in [0.4, 0.5) is 4.39 Å². The highest BCUT2D eigenvalue weighted by molar-refractivity contribution is 6.46. The standard InChI is InChI=1S/C23H24ClFN2O3/c1-3-26(4-2)13-14-27-20(17-7-5-6-8-18(17)25)19(22(29)23(27)30)21(28)15-9-11-16(24)12-10-15/h5-12,20,28H,3-4,13-14H2,1-2H3/b21-19+. The van der Waals surface area contributed by atoms with E-state index in [1.165, 1.54) is 17.0 Å². The SMILES string of the molecule is CCN(CC)CCN1C(=O)C(=O)/C(=C(/O)c2ccc(Cl)cc2)C1c1ccccc1F. The minimum Gasteiger partial charge on any atom is -0.507 e. The maximum atomic E-state index is 14.7. The van der Waals surface area contributed by atoms with Crippen LogP contribution in [0.25, 0.3) is 5.76 Å². The van der Waals surface area contributed by atoms with E-state index in [0.717, 1.165) is 13.1 Å². The zero-order chi connectivity index (χ0) is 21.8. The predicted octanol–water partition coefficient (Wildman–Crippen LogP) is 4.24. The van der Waals surface area contributed by atoms with Crippen molar-refractivity contribution in [2.24, 2.45) is 0 Å². The van der Waals surface area contributed by atoms with E-state index in [-0.39, 0.29) is 23.4 Å². The fourth-order valence-corrected chi connectivity index (χ4v) is 3.81. The molecule has 0 saturated carbocycles. The van der Waals surface area contributed by atoms with E-state index < -0.39 is 23.5 Å². The highest BCUT2D eigenvalue weighted by atomic mass is 35.5. The molecule has 0 aliphatic carbocycles. The maximum Gasteiger partial charge on any atom is 0.295 e. The molecule has 2 aromatic carbocycles. The van der Waals surface area contributed by atoms with E-state index in [1.54, 1.807) is 36.4 Å². The summed E-state index contributed by atoms with van der Waals surface area (Å²) in [6.07, 6.45) is 0. The molecule has 1 atom stereocenters. The molecule has 0 bridgehead atoms. The summed E-state index contributed by atoms with van der Waals surface area (Å²) in [7, 11) is 0. The number of rotatable bonds is 7. The number of carbonyl (C=O) groups excluding carboxylic acids is 2. The van der Waals surface area contributed by atoms with Crippen molar-refractivity contribution < 1.29 is 19.1 Å². The first-order valence-electron chi connectivity index (χ1n) is 9.90. The van der Waals surface area contributed by atoms with Crippen LogP contribution in [-0.2, 0) is 9.59 Å². The smallest absolute Gasteiger partial charge is 0.295 e. The van der Waals surface area contributed by atoms with Crippen LogP contribution in [0.1, 0.15) is 31.0 Å². The number of halogens is 2. The highest BCUT2D eigenvalue weighted by Crippen LogP contribution is 2.40. The molecule has 7 heteroatoms. The molecule has 1 saturated heterocycles. The van der Waals surface area contributed by atoms with Crippen LogP contribution >= 0.6 is 11.6 Å². The van der Waals surface area contributed by atoms with Crippen molar-refractivity contribution in [1.29, 1.82) is 0 Å². The average molecular weight is 431 g/mol. The summed E-state index contributed by atoms with van der Waals surface area (Å²) < 4.78 is 14.7. The first-order chi connectivity index (χ1) is 14.4. The van der Waals surface area contributed by atoms with Gasteiger partial charge in [-0.25, -0.2) is 4.39 Å². The molecule has 1 heterocycles. The lowest BCUT2D eigenvalue weighted by molar-refractivity contribution is -0.140. The fourth-order valence-electron chi connectivity index (χ4n) is 3.68. The lowest BCUT2D eigenvalue weighted by Gasteiger charge is -2.28. The van der Waals surface area contributed by atoms with Crippen molar-refractivity contribution in [2.45, 2.75) is 19.9 Å². The molecule has 1 aliphatic heterocycles. The second-order valence-electron chi connectivity index (χ2n) is 7.05. The summed E-state index contributed by atoms with van der Waals surface area (Å²) in [4.78, 5) is 29.2. The minimum atomic E-state index is -1.00. The third-order valence-corrected chi connectivity index (χ3v) is 5.66. The van der Waals surface area contributed by atoms with Crippen molar-refractivity contribution in [3.63, 3.8) is 0 Å². The Balaban J connectivity index is 2.11. The second kappa shape index (κ2) is 9.41. The van der Waals surface area contributed by atoms with Crippen molar-refractivity contribution in [2.75, 3.05) is 26.2 Å². The predicted molar refractivity (Wildman–Crippen MR) is 115 cm³/mol. The molecule has 30 heavy (non-hydrogen) atoms. The van der Waals surface area contributed by atoms with Gasteiger partial charge in [0.1, 0.15) is 11.6 Å². The number of hydrogen-bond donors (Lipinski definition) is 1. The normalized spacial score (nSPS) is 18.4. The Kier molecular flexibility index (Phi) is 6.90. The Labute approximate surface area is 180 Å². The molecule has 158 valence electrons. The number of aliphatic hydroxyl groups excluding tert-OH is 1. The van der Waals surface area contributed by atoms with E-state index >= 15 is 0 Å². The summed E-state index contributed by atoms with van der Waals surface area (Å²) >= 11 is 5.91. The number of benzene rings is 2. The summed E-state index contributed by atoms with van der Waals surface area (Å²) in [6.45, 7) is 6.36. The highest BCUT2D eigenvalue weighted by Gasteiger charge is 2.46. The van der Waals surface area contributed by atoms with Gasteiger partial charge >= 0.3 is 0 Å². The molecule has 1 fully saturated rings. The Morgan fingerprint density at radius 1 is 1.10 bits per heavy atom. The third-order valence-electron chi connectivity index (χ3n) is 5.41. The zero-order valence-corrected chi connectivity index (χ0v) is 17.7. The molecule has 0 spiro atoms. The van der Waals surface area contributed by atoms with Crippen LogP contribution in [0.3, 0.4) is 0 Å². The van der Waals surface area contributed by atoms with E-state index in [4.69, 9.17) is 11.6 Å². The van der Waals surface area contributed by atoms with E-state index in [9.17, 15) is 19.1 Å². The Hall–Kier alpha value is -2.70. The average Bonchev–Trinajstić information content (AvgIpc) is 2.99. The number of Topliss-reactive ketones (excluding diaryl/α,β-unsaturated/α-hetero) is 1. The fraction of sp³-hybridized carbons (Fsp3) is 0.304. The van der Waals surface area contributed by atoms with Gasteiger partial charge in [0.15, 0.2) is 0 Å². The summed E-state index contributed by atoms with van der Waals surface area (Å²) in [6, 6.07) is 11.3. The molecule has 2 aromatic rings. The van der Waals surface area contributed by atoms with Gasteiger partial charge in [0.2, 0.25) is 0 Å². The molecule has 1 aliphatic rings. The van der Waals surface area contributed by atoms with Crippen LogP contribution in [0.5, 0.6) is 0 Å². The van der Waals surface area contributed by atoms with Gasteiger partial charge in [-0.15, -0.1) is 0 Å². The number of carbonyl (C=O) groups is 2. The zero-order valence-electron chi connectivity index (χ0n) is 16.9. The largest absolute Gasteiger partial charge is 0.507 e. The molecule has 0 aromatic heterocycles. The van der Waals surface area contributed by atoms with Crippen molar-refractivity contribution in [1.82, 2.24) is 9.80 Å². The number of nitrogens with zero attached hydrogens (tertiary/aromatic N) is 2. The first kappa shape index (κ1) is 22.0. The van der Waals surface area contributed by atoms with Crippen molar-refractivity contribution >= 4 is 29.1 Å². The van der Waals surface area contributed by atoms with Crippen LogP contribution in [0.15, 0.2) is 54.1 Å². The monoisotopic (exact) mass is 430 g/mol. The molecule has 1 amide bonds. The van der Waals surface area contributed by atoms with Crippen molar-refractivity contribution in [3.8, 4) is 0 Å². The molecule has 3 rings (SSSR count). The molecule has 1 N–H and O–H groups in total. The van der Waals surface area contributed by atoms with Gasteiger partial charge in [-0.2, -0.15) is 0 Å². The van der Waals surface area contributed by atoms with E-state index in [0.29, 0.717) is 17.1 Å².